The number of nitrogens with zero attached hydrogens (tertiary/aromatic N) is 5. The minimum absolute atomic E-state index is 0.0104. The quantitative estimate of drug-likeness (QED) is 0.448. The normalized spacial score (nSPS) is 27.6. The van der Waals surface area contributed by atoms with Crippen LogP contribution >= 0.6 is 11.6 Å². The fourth-order valence-electron chi connectivity index (χ4n) is 7.40. The molecule has 2 amide bonds. The van der Waals surface area contributed by atoms with Gasteiger partial charge in [0.1, 0.15) is 23.7 Å². The summed E-state index contributed by atoms with van der Waals surface area (Å²) in [5, 5.41) is 28.5. The highest BCUT2D eigenvalue weighted by molar-refractivity contribution is 6.31. The molecule has 1 spiro atoms. The highest BCUT2D eigenvalue weighted by Crippen LogP contribution is 2.54. The number of amides is 2. The van der Waals surface area contributed by atoms with Crippen LogP contribution in [0.4, 0.5) is 8.78 Å². The van der Waals surface area contributed by atoms with Gasteiger partial charge in [-0.15, -0.1) is 5.10 Å². The van der Waals surface area contributed by atoms with E-state index >= 15 is 0 Å². The number of carboxylic acids is 1. The van der Waals surface area contributed by atoms with Gasteiger partial charge < -0.3 is 24.7 Å². The van der Waals surface area contributed by atoms with Crippen molar-refractivity contribution in [2.75, 3.05) is 19.6 Å². The Morgan fingerprint density at radius 3 is 2.66 bits per heavy atom. The topological polar surface area (TPSA) is 138 Å². The monoisotopic (exact) mass is 635 g/mol. The molecule has 3 fully saturated rings. The second-order valence-corrected chi connectivity index (χ2v) is 13.4. The molecule has 14 heteroatoms. The number of aliphatic hydroxyl groups excluding tert-OH is 1. The van der Waals surface area contributed by atoms with E-state index in [1.54, 1.807) is 21.9 Å². The minimum atomic E-state index is -2.82. The number of carboxylic acid groups (broad SMARTS) is 1. The number of aliphatic carboxylic acids is 1. The van der Waals surface area contributed by atoms with E-state index < -0.39 is 35.9 Å². The molecule has 0 unspecified atom stereocenters. The number of hydrogen-bond acceptors (Lipinski definition) is 7. The smallest absolute Gasteiger partial charge is 0.310 e. The Morgan fingerprint density at radius 1 is 1.25 bits per heavy atom. The van der Waals surface area contributed by atoms with Crippen molar-refractivity contribution in [1.82, 2.24) is 24.8 Å². The Kier molecular flexibility index (Phi) is 7.84. The van der Waals surface area contributed by atoms with Crippen molar-refractivity contribution < 1.29 is 38.1 Å². The molecule has 0 radical (unpaired) electrons. The predicted octanol–water partition coefficient (Wildman–Crippen LogP) is 3.68. The summed E-state index contributed by atoms with van der Waals surface area (Å²) in [5.41, 5.74) is -0.625. The molecule has 1 saturated heterocycles. The number of carbonyl (C=O) groups excluding carboxylic acids is 2. The van der Waals surface area contributed by atoms with Crippen molar-refractivity contribution in [3.63, 3.8) is 0 Å². The number of fused-ring (bicyclic) bond motifs is 1. The van der Waals surface area contributed by atoms with E-state index in [1.807, 2.05) is 0 Å². The zero-order chi connectivity index (χ0) is 31.6. The van der Waals surface area contributed by atoms with Crippen LogP contribution in [0.15, 0.2) is 12.1 Å². The number of likely N-dealkylation sites (tertiary alicyclic amines) is 1. The Morgan fingerprint density at radius 2 is 2.00 bits per heavy atom. The number of aromatic nitrogens is 3. The van der Waals surface area contributed by atoms with Crippen LogP contribution in [0.1, 0.15) is 80.4 Å². The van der Waals surface area contributed by atoms with Crippen LogP contribution in [-0.4, -0.2) is 78.5 Å². The lowest BCUT2D eigenvalue weighted by Crippen LogP contribution is -2.54. The lowest BCUT2D eigenvalue weighted by atomic mass is 9.65. The number of rotatable bonds is 8. The summed E-state index contributed by atoms with van der Waals surface area (Å²) in [6.07, 6.45) is -0.477. The van der Waals surface area contributed by atoms with Gasteiger partial charge in [0.25, 0.3) is 6.43 Å². The second-order valence-electron chi connectivity index (χ2n) is 13.0. The standard InChI is InChI=1S/C30H36ClF2N5O6/c1-29(28(42)43)11-16(39)3-4-18(29)27(41)38-10-7-17-19(31)5-6-22(44-14-20-25(26(32)33)36(2)35-34-20)24(17)21(38)13-37-15-30(8-9-30)12-23(37)40/h5-6,16,18,21,26,39H,3-4,7-15H2,1-2H3,(H,42,43)/t16-,18+,21-,29+/m1/s1. The third-order valence-electron chi connectivity index (χ3n) is 10.1. The van der Waals surface area contributed by atoms with Gasteiger partial charge in [-0.3, -0.25) is 14.4 Å². The number of benzene rings is 1. The molecule has 238 valence electrons. The number of halogens is 3. The second kappa shape index (κ2) is 11.2. The first kappa shape index (κ1) is 30.7. The van der Waals surface area contributed by atoms with Gasteiger partial charge in [0.05, 0.1) is 23.5 Å². The van der Waals surface area contributed by atoms with Crippen molar-refractivity contribution >= 4 is 29.4 Å². The van der Waals surface area contributed by atoms with Crippen molar-refractivity contribution in [3.05, 3.63) is 39.7 Å². The van der Waals surface area contributed by atoms with Gasteiger partial charge in [0.2, 0.25) is 11.8 Å². The van der Waals surface area contributed by atoms with E-state index in [9.17, 15) is 33.4 Å². The summed E-state index contributed by atoms with van der Waals surface area (Å²) in [7, 11) is 1.37. The first-order chi connectivity index (χ1) is 20.8. The summed E-state index contributed by atoms with van der Waals surface area (Å²) >= 11 is 6.68. The first-order valence-corrected chi connectivity index (χ1v) is 15.3. The average Bonchev–Trinajstić information content (AvgIpc) is 3.49. The van der Waals surface area contributed by atoms with Crippen LogP contribution in [0, 0.1) is 16.7 Å². The molecule has 4 aliphatic rings. The molecule has 11 nitrogen and oxygen atoms in total. The van der Waals surface area contributed by atoms with Crippen molar-refractivity contribution in [2.24, 2.45) is 23.8 Å². The molecule has 1 aromatic heterocycles. The maximum absolute atomic E-state index is 14.4. The highest BCUT2D eigenvalue weighted by Gasteiger charge is 2.54. The number of alkyl halides is 2. The Labute approximate surface area is 258 Å². The molecule has 2 saturated carbocycles. The molecular formula is C30H36ClF2N5O6. The van der Waals surface area contributed by atoms with Gasteiger partial charge in [0, 0.05) is 43.7 Å². The number of ether oxygens (including phenoxy) is 1. The minimum Gasteiger partial charge on any atom is -0.487 e. The maximum Gasteiger partial charge on any atom is 0.310 e. The summed E-state index contributed by atoms with van der Waals surface area (Å²) in [4.78, 5) is 43.4. The Bertz CT molecular complexity index is 1500. The van der Waals surface area contributed by atoms with Crippen LogP contribution in [0.25, 0.3) is 0 Å². The Balaban J connectivity index is 1.38. The first-order valence-electron chi connectivity index (χ1n) is 14.9. The number of aliphatic hydroxyl groups is 1. The lowest BCUT2D eigenvalue weighted by molar-refractivity contribution is -0.166. The molecule has 4 atom stereocenters. The van der Waals surface area contributed by atoms with Crippen LogP contribution in [-0.2, 0) is 34.5 Å². The van der Waals surface area contributed by atoms with Crippen molar-refractivity contribution in [2.45, 2.75) is 77.0 Å². The van der Waals surface area contributed by atoms with Gasteiger partial charge in [0.15, 0.2) is 0 Å². The molecule has 2 aliphatic carbocycles. The molecule has 2 aromatic rings. The van der Waals surface area contributed by atoms with Crippen LogP contribution in [0.2, 0.25) is 5.02 Å². The van der Waals surface area contributed by atoms with E-state index in [4.69, 9.17) is 16.3 Å². The van der Waals surface area contributed by atoms with E-state index in [0.717, 1.165) is 23.1 Å². The van der Waals surface area contributed by atoms with Crippen molar-refractivity contribution in [3.8, 4) is 5.75 Å². The fourth-order valence-corrected chi connectivity index (χ4v) is 7.65. The van der Waals surface area contributed by atoms with Gasteiger partial charge in [-0.05, 0) is 68.6 Å². The molecule has 2 aliphatic heterocycles. The molecule has 0 bridgehead atoms. The van der Waals surface area contributed by atoms with Gasteiger partial charge in [-0.25, -0.2) is 13.5 Å². The van der Waals surface area contributed by atoms with E-state index in [-0.39, 0.29) is 61.2 Å². The van der Waals surface area contributed by atoms with E-state index in [1.165, 1.54) is 14.0 Å². The Hall–Kier alpha value is -3.32. The number of hydrogen-bond donors (Lipinski definition) is 2. The maximum atomic E-state index is 14.4. The molecule has 6 rings (SSSR count). The zero-order valence-electron chi connectivity index (χ0n) is 24.6. The van der Waals surface area contributed by atoms with Crippen molar-refractivity contribution in [1.29, 1.82) is 0 Å². The molecule has 44 heavy (non-hydrogen) atoms. The SMILES string of the molecule is Cn1nnc(COc2ccc(Cl)c3c2[C@@H](CN2CC4(CC4)CC2=O)N(C(=O)[C@@H]2CC[C@@H](O)C[C@]2(C)C(=O)O)CC3)c1C(F)F. The van der Waals surface area contributed by atoms with E-state index in [0.29, 0.717) is 42.1 Å². The lowest BCUT2D eigenvalue weighted by Gasteiger charge is -2.46. The van der Waals surface area contributed by atoms with Crippen LogP contribution < -0.4 is 4.74 Å². The molecule has 1 aromatic carbocycles. The third kappa shape index (κ3) is 5.31. The highest BCUT2D eigenvalue weighted by atomic mass is 35.5. The summed E-state index contributed by atoms with van der Waals surface area (Å²) in [6.45, 7) is 2.15. The largest absolute Gasteiger partial charge is 0.487 e. The summed E-state index contributed by atoms with van der Waals surface area (Å²) in [6, 6.07) is 2.55. The summed E-state index contributed by atoms with van der Waals surface area (Å²) in [5.74, 6) is -2.12. The summed E-state index contributed by atoms with van der Waals surface area (Å²) < 4.78 is 34.5. The number of carbonyl (C=O) groups is 3. The molecular weight excluding hydrogens is 600 g/mol. The zero-order valence-corrected chi connectivity index (χ0v) is 25.4. The van der Waals surface area contributed by atoms with E-state index in [2.05, 4.69) is 10.3 Å². The average molecular weight is 636 g/mol. The van der Waals surface area contributed by atoms with Crippen LogP contribution in [0.3, 0.4) is 0 Å². The molecule has 2 N–H and O–H groups in total. The molecule has 3 heterocycles. The van der Waals surface area contributed by atoms with Gasteiger partial charge >= 0.3 is 5.97 Å². The van der Waals surface area contributed by atoms with Crippen LogP contribution in [0.5, 0.6) is 5.75 Å². The van der Waals surface area contributed by atoms with Gasteiger partial charge in [-0.1, -0.05) is 16.8 Å². The number of aryl methyl sites for hydroxylation is 1. The predicted molar refractivity (Wildman–Crippen MR) is 152 cm³/mol. The fraction of sp³-hybridized carbons (Fsp3) is 0.633. The third-order valence-corrected chi connectivity index (χ3v) is 10.5. The van der Waals surface area contributed by atoms with Gasteiger partial charge in [-0.2, -0.15) is 0 Å².